The van der Waals surface area contributed by atoms with Gasteiger partial charge in [-0.2, -0.15) is 0 Å². The molecule has 1 aromatic carbocycles. The third-order valence-electron chi connectivity index (χ3n) is 6.64. The van der Waals surface area contributed by atoms with Crippen LogP contribution >= 0.6 is 0 Å². The van der Waals surface area contributed by atoms with Crippen molar-refractivity contribution in [1.29, 1.82) is 0 Å². The molecule has 0 aromatic heterocycles. The molecular formula is C26H39NO5S. The van der Waals surface area contributed by atoms with Crippen LogP contribution in [0.5, 0.6) is 11.5 Å². The fourth-order valence-corrected chi connectivity index (χ4v) is 6.86. The molecule has 6 nitrogen and oxygen atoms in total. The van der Waals surface area contributed by atoms with E-state index in [-0.39, 0.29) is 28.0 Å². The molecule has 2 unspecified atom stereocenters. The van der Waals surface area contributed by atoms with Crippen molar-refractivity contribution in [3.63, 3.8) is 0 Å². The first kappa shape index (κ1) is 27.0. The number of hydrogen-bond acceptors (Lipinski definition) is 5. The Balaban J connectivity index is 2.76. The van der Waals surface area contributed by atoms with E-state index in [1.165, 1.54) is 19.9 Å². The minimum Gasteiger partial charge on any atom is -0.507 e. The van der Waals surface area contributed by atoms with Crippen molar-refractivity contribution in [3.8, 4) is 11.5 Å². The number of aromatic hydroxyl groups is 2. The van der Waals surface area contributed by atoms with Crippen molar-refractivity contribution in [2.45, 2.75) is 84.0 Å². The Hall–Kier alpha value is -2.28. The second kappa shape index (κ2) is 10.3. The van der Waals surface area contributed by atoms with Gasteiger partial charge in [-0.05, 0) is 57.1 Å². The Labute approximate surface area is 198 Å². The van der Waals surface area contributed by atoms with Gasteiger partial charge in [0.05, 0.1) is 11.2 Å². The lowest BCUT2D eigenvalue weighted by atomic mass is 9.73. The molecule has 0 aliphatic heterocycles. The molecule has 1 amide bonds. The number of benzene rings is 1. The van der Waals surface area contributed by atoms with Gasteiger partial charge in [-0.1, -0.05) is 57.4 Å². The number of rotatable bonds is 10. The van der Waals surface area contributed by atoms with E-state index in [1.807, 2.05) is 26.8 Å². The van der Waals surface area contributed by atoms with Crippen LogP contribution < -0.4 is 5.73 Å². The minimum atomic E-state index is -4.10. The van der Waals surface area contributed by atoms with Crippen LogP contribution in [0.4, 0.5) is 0 Å². The lowest BCUT2D eigenvalue weighted by Crippen LogP contribution is -2.38. The molecule has 33 heavy (non-hydrogen) atoms. The maximum atomic E-state index is 13.6. The number of hydrogen-bond donors (Lipinski definition) is 3. The molecule has 184 valence electrons. The Morgan fingerprint density at radius 2 is 1.91 bits per heavy atom. The molecule has 0 saturated heterocycles. The number of unbranched alkanes of at least 4 members (excludes halogenated alkanes) is 2. The number of allylic oxidation sites excluding steroid dienone is 3. The number of amides is 1. The first-order chi connectivity index (χ1) is 15.2. The van der Waals surface area contributed by atoms with Crippen molar-refractivity contribution >= 4 is 15.7 Å². The second-order valence-corrected chi connectivity index (χ2v) is 12.1. The fourth-order valence-electron chi connectivity index (χ4n) is 4.66. The fraction of sp³-hybridized carbons (Fsp3) is 0.577. The summed E-state index contributed by atoms with van der Waals surface area (Å²) in [6.07, 6.45) is 6.60. The Morgan fingerprint density at radius 1 is 1.27 bits per heavy atom. The lowest BCUT2D eigenvalue weighted by Gasteiger charge is -2.32. The summed E-state index contributed by atoms with van der Waals surface area (Å²) >= 11 is 0. The maximum Gasteiger partial charge on any atom is 0.224 e. The van der Waals surface area contributed by atoms with Crippen LogP contribution in [0.3, 0.4) is 0 Å². The number of carbonyl (C=O) groups excluding carboxylic acids is 1. The van der Waals surface area contributed by atoms with Gasteiger partial charge in [0.15, 0.2) is 9.84 Å². The molecule has 1 aliphatic rings. The number of phenols is 2. The molecular weight excluding hydrogens is 438 g/mol. The summed E-state index contributed by atoms with van der Waals surface area (Å²) in [6, 6.07) is 1.47. The molecule has 2 rings (SSSR count). The average Bonchev–Trinajstić information content (AvgIpc) is 2.66. The van der Waals surface area contributed by atoms with Crippen molar-refractivity contribution in [2.75, 3.05) is 5.75 Å². The molecule has 0 saturated carbocycles. The molecule has 1 aliphatic carbocycles. The predicted octanol–water partition coefficient (Wildman–Crippen LogP) is 5.13. The highest BCUT2D eigenvalue weighted by molar-refractivity contribution is 7.91. The summed E-state index contributed by atoms with van der Waals surface area (Å²) in [5, 5.41) is 22.4. The van der Waals surface area contributed by atoms with Crippen LogP contribution in [0.1, 0.15) is 83.8 Å². The molecule has 4 N–H and O–H groups in total. The molecule has 0 spiro atoms. The zero-order chi connectivity index (χ0) is 25.1. The van der Waals surface area contributed by atoms with E-state index in [0.717, 1.165) is 36.8 Å². The van der Waals surface area contributed by atoms with Crippen molar-refractivity contribution in [2.24, 2.45) is 17.1 Å². The summed E-state index contributed by atoms with van der Waals surface area (Å²) in [7, 11) is -4.10. The van der Waals surface area contributed by atoms with Crippen LogP contribution in [0.15, 0.2) is 34.8 Å². The number of sulfone groups is 1. The van der Waals surface area contributed by atoms with E-state index in [4.69, 9.17) is 5.73 Å². The molecule has 2 atom stereocenters. The van der Waals surface area contributed by atoms with Crippen molar-refractivity contribution < 1.29 is 23.4 Å². The monoisotopic (exact) mass is 477 g/mol. The van der Waals surface area contributed by atoms with E-state index in [2.05, 4.69) is 6.58 Å². The molecule has 0 heterocycles. The van der Waals surface area contributed by atoms with Gasteiger partial charge < -0.3 is 15.9 Å². The predicted molar refractivity (Wildman–Crippen MR) is 132 cm³/mol. The third-order valence-corrected chi connectivity index (χ3v) is 8.82. The van der Waals surface area contributed by atoms with Gasteiger partial charge in [0.25, 0.3) is 0 Å². The van der Waals surface area contributed by atoms with Gasteiger partial charge in [0.1, 0.15) is 16.4 Å². The summed E-state index contributed by atoms with van der Waals surface area (Å²) in [5.41, 5.74) is 6.73. The second-order valence-electron chi connectivity index (χ2n) is 10.1. The van der Waals surface area contributed by atoms with Crippen LogP contribution in [0.2, 0.25) is 0 Å². The van der Waals surface area contributed by atoms with Crippen LogP contribution in [-0.4, -0.2) is 30.3 Å². The zero-order valence-electron chi connectivity index (χ0n) is 20.6. The Morgan fingerprint density at radius 3 is 2.45 bits per heavy atom. The first-order valence-electron chi connectivity index (χ1n) is 11.7. The maximum absolute atomic E-state index is 13.6. The number of nitrogens with two attached hydrogens (primary N) is 1. The average molecular weight is 478 g/mol. The van der Waals surface area contributed by atoms with Crippen LogP contribution in [-0.2, 0) is 21.1 Å². The molecule has 7 heteroatoms. The van der Waals surface area contributed by atoms with E-state index >= 15 is 0 Å². The van der Waals surface area contributed by atoms with Crippen molar-refractivity contribution in [3.05, 3.63) is 41.0 Å². The van der Waals surface area contributed by atoms with Crippen molar-refractivity contribution in [1.82, 2.24) is 0 Å². The van der Waals surface area contributed by atoms with Gasteiger partial charge in [-0.3, -0.25) is 4.79 Å². The standard InChI is InChI=1S/C26H39NO5S/c1-7-8-9-10-18-14-21(28)22(20-13-17(4)11-12-19(20)16(2)3)23(29)24(18)33(31,32)15-26(5,6)25(27)30/h13-14,19-20,28-29H,2,7-12,15H2,1,3-6H3,(H2,27,30). The topological polar surface area (TPSA) is 118 Å². The van der Waals surface area contributed by atoms with Gasteiger partial charge in [0, 0.05) is 11.5 Å². The highest BCUT2D eigenvalue weighted by Crippen LogP contribution is 2.49. The Kier molecular flexibility index (Phi) is 8.44. The van der Waals surface area contributed by atoms with Crippen LogP contribution in [0.25, 0.3) is 0 Å². The summed E-state index contributed by atoms with van der Waals surface area (Å²) in [5.74, 6) is -2.23. The summed E-state index contributed by atoms with van der Waals surface area (Å²) in [6.45, 7) is 13.0. The van der Waals surface area contributed by atoms with Gasteiger partial charge >= 0.3 is 0 Å². The third kappa shape index (κ3) is 5.99. The number of carbonyl (C=O) groups is 1. The summed E-state index contributed by atoms with van der Waals surface area (Å²) < 4.78 is 27.1. The Bertz CT molecular complexity index is 1050. The van der Waals surface area contributed by atoms with Crippen LogP contribution in [0, 0.1) is 11.3 Å². The number of aryl methyl sites for hydroxylation is 1. The highest BCUT2D eigenvalue weighted by Gasteiger charge is 2.38. The first-order valence-corrected chi connectivity index (χ1v) is 13.3. The SMILES string of the molecule is C=C(C)C1CCC(C)=CC1c1c(O)cc(CCCCC)c(S(=O)(=O)CC(C)(C)C(N)=O)c1O. The van der Waals surface area contributed by atoms with E-state index in [0.29, 0.717) is 18.4 Å². The molecule has 1 aromatic rings. The molecule has 0 fully saturated rings. The van der Waals surface area contributed by atoms with Gasteiger partial charge in [0.2, 0.25) is 5.91 Å². The van der Waals surface area contributed by atoms with Gasteiger partial charge in [-0.15, -0.1) is 0 Å². The van der Waals surface area contributed by atoms with E-state index < -0.39 is 32.7 Å². The normalized spacial score (nSPS) is 19.2. The zero-order valence-corrected chi connectivity index (χ0v) is 21.4. The minimum absolute atomic E-state index is 0.0333. The molecule has 0 radical (unpaired) electrons. The van der Waals surface area contributed by atoms with E-state index in [9.17, 15) is 23.4 Å². The molecule has 0 bridgehead atoms. The largest absolute Gasteiger partial charge is 0.507 e. The quantitative estimate of drug-likeness (QED) is 0.319. The van der Waals surface area contributed by atoms with Gasteiger partial charge in [-0.25, -0.2) is 8.42 Å². The van der Waals surface area contributed by atoms with E-state index in [1.54, 1.807) is 0 Å². The number of phenolic OH excluding ortho intramolecular Hbond substituents is 2. The lowest BCUT2D eigenvalue weighted by molar-refractivity contribution is -0.124. The number of primary amides is 1. The highest BCUT2D eigenvalue weighted by atomic mass is 32.2. The summed E-state index contributed by atoms with van der Waals surface area (Å²) in [4.78, 5) is 11.7. The smallest absolute Gasteiger partial charge is 0.224 e.